The molecule has 0 aliphatic carbocycles. The molecule has 16 heavy (non-hydrogen) atoms. The molecule has 1 aromatic rings. The van der Waals surface area contributed by atoms with E-state index in [9.17, 15) is 0 Å². The Labute approximate surface area is 98.0 Å². The van der Waals surface area contributed by atoms with Crippen LogP contribution in [0.3, 0.4) is 0 Å². The molecule has 0 spiro atoms. The summed E-state index contributed by atoms with van der Waals surface area (Å²) in [6.07, 6.45) is 5.03. The Hall–Kier alpha value is -0.870. The summed E-state index contributed by atoms with van der Waals surface area (Å²) in [7, 11) is 1.73. The SMILES string of the molecule is COCCC(C)n1cc(CNC(C)C)cn1. The number of hydrogen-bond donors (Lipinski definition) is 1. The van der Waals surface area contributed by atoms with Gasteiger partial charge in [-0.25, -0.2) is 0 Å². The highest BCUT2D eigenvalue weighted by atomic mass is 16.5. The minimum absolute atomic E-state index is 0.396. The molecule has 0 aromatic carbocycles. The van der Waals surface area contributed by atoms with Gasteiger partial charge in [-0.3, -0.25) is 4.68 Å². The lowest BCUT2D eigenvalue weighted by Crippen LogP contribution is -2.21. The lowest BCUT2D eigenvalue weighted by Gasteiger charge is -2.11. The van der Waals surface area contributed by atoms with Gasteiger partial charge in [0, 0.05) is 38.1 Å². The highest BCUT2D eigenvalue weighted by Crippen LogP contribution is 2.10. The molecule has 1 rings (SSSR count). The third kappa shape index (κ3) is 4.33. The minimum Gasteiger partial charge on any atom is -0.385 e. The van der Waals surface area contributed by atoms with E-state index in [-0.39, 0.29) is 0 Å². The molecule has 0 radical (unpaired) electrons. The summed E-state index contributed by atoms with van der Waals surface area (Å²) in [5.74, 6) is 0. The highest BCUT2D eigenvalue weighted by Gasteiger charge is 2.06. The van der Waals surface area contributed by atoms with Gasteiger partial charge in [-0.05, 0) is 13.3 Å². The standard InChI is InChI=1S/C12H23N3O/c1-10(2)13-7-12-8-14-15(9-12)11(3)5-6-16-4/h8-11,13H,5-7H2,1-4H3. The van der Waals surface area contributed by atoms with Crippen molar-refractivity contribution in [1.82, 2.24) is 15.1 Å². The Morgan fingerprint density at radius 2 is 2.19 bits per heavy atom. The van der Waals surface area contributed by atoms with Crippen molar-refractivity contribution in [2.24, 2.45) is 0 Å². The Morgan fingerprint density at radius 1 is 1.44 bits per heavy atom. The molecule has 0 bridgehead atoms. The van der Waals surface area contributed by atoms with Gasteiger partial charge in [0.1, 0.15) is 0 Å². The van der Waals surface area contributed by atoms with E-state index in [0.29, 0.717) is 12.1 Å². The van der Waals surface area contributed by atoms with Crippen molar-refractivity contribution in [3.05, 3.63) is 18.0 Å². The van der Waals surface area contributed by atoms with Crippen LogP contribution in [0.1, 0.15) is 38.8 Å². The molecule has 92 valence electrons. The maximum Gasteiger partial charge on any atom is 0.0534 e. The molecule has 0 fully saturated rings. The predicted octanol–water partition coefficient (Wildman–Crippen LogP) is 1.98. The lowest BCUT2D eigenvalue weighted by molar-refractivity contribution is 0.178. The van der Waals surface area contributed by atoms with Crippen LogP contribution in [0.2, 0.25) is 0 Å². The van der Waals surface area contributed by atoms with E-state index in [2.05, 4.69) is 37.4 Å². The summed E-state index contributed by atoms with van der Waals surface area (Å²) < 4.78 is 7.08. The monoisotopic (exact) mass is 225 g/mol. The summed E-state index contributed by atoms with van der Waals surface area (Å²) in [5, 5.41) is 7.75. The van der Waals surface area contributed by atoms with Gasteiger partial charge in [-0.2, -0.15) is 5.10 Å². The summed E-state index contributed by atoms with van der Waals surface area (Å²) in [6.45, 7) is 8.11. The normalized spacial score (nSPS) is 13.3. The van der Waals surface area contributed by atoms with Crippen LogP contribution in [0.25, 0.3) is 0 Å². The van der Waals surface area contributed by atoms with Gasteiger partial charge in [0.15, 0.2) is 0 Å². The van der Waals surface area contributed by atoms with Crippen molar-refractivity contribution in [3.63, 3.8) is 0 Å². The maximum atomic E-state index is 5.07. The maximum absolute atomic E-state index is 5.07. The average molecular weight is 225 g/mol. The summed E-state index contributed by atoms with van der Waals surface area (Å²) in [4.78, 5) is 0. The van der Waals surface area contributed by atoms with Crippen molar-refractivity contribution < 1.29 is 4.74 Å². The van der Waals surface area contributed by atoms with Gasteiger partial charge in [-0.15, -0.1) is 0 Å². The van der Waals surface area contributed by atoms with Crippen LogP contribution in [-0.4, -0.2) is 29.5 Å². The molecule has 4 nitrogen and oxygen atoms in total. The smallest absolute Gasteiger partial charge is 0.0534 e. The molecule has 0 aliphatic rings. The van der Waals surface area contributed by atoms with Crippen LogP contribution in [0, 0.1) is 0 Å². The molecule has 0 saturated carbocycles. The van der Waals surface area contributed by atoms with Crippen molar-refractivity contribution in [2.45, 2.75) is 45.8 Å². The molecule has 1 unspecified atom stereocenters. The molecule has 1 heterocycles. The van der Waals surface area contributed by atoms with Gasteiger partial charge in [0.05, 0.1) is 12.2 Å². The number of aromatic nitrogens is 2. The second kappa shape index (κ2) is 6.66. The number of methoxy groups -OCH3 is 1. The van der Waals surface area contributed by atoms with Crippen LogP contribution < -0.4 is 5.32 Å². The quantitative estimate of drug-likeness (QED) is 0.771. The largest absolute Gasteiger partial charge is 0.385 e. The van der Waals surface area contributed by atoms with Gasteiger partial charge in [-0.1, -0.05) is 13.8 Å². The minimum atomic E-state index is 0.396. The fraction of sp³-hybridized carbons (Fsp3) is 0.750. The first-order chi connectivity index (χ1) is 7.63. The number of nitrogens with zero attached hydrogens (tertiary/aromatic N) is 2. The summed E-state index contributed by atoms with van der Waals surface area (Å²) >= 11 is 0. The second-order valence-corrected chi connectivity index (χ2v) is 4.49. The fourth-order valence-corrected chi connectivity index (χ4v) is 1.45. The van der Waals surface area contributed by atoms with Crippen LogP contribution in [0.5, 0.6) is 0 Å². The zero-order valence-electron chi connectivity index (χ0n) is 10.7. The lowest BCUT2D eigenvalue weighted by atomic mass is 10.2. The first-order valence-electron chi connectivity index (χ1n) is 5.88. The Morgan fingerprint density at radius 3 is 2.81 bits per heavy atom. The highest BCUT2D eigenvalue weighted by molar-refractivity contribution is 5.04. The Balaban J connectivity index is 2.43. The van der Waals surface area contributed by atoms with E-state index < -0.39 is 0 Å². The molecule has 0 saturated heterocycles. The first kappa shape index (κ1) is 13.2. The number of ether oxygens (including phenoxy) is 1. The van der Waals surface area contributed by atoms with Crippen LogP contribution >= 0.6 is 0 Å². The summed E-state index contributed by atoms with van der Waals surface area (Å²) in [5.41, 5.74) is 1.23. The van der Waals surface area contributed by atoms with E-state index in [4.69, 9.17) is 4.74 Å². The topological polar surface area (TPSA) is 39.1 Å². The van der Waals surface area contributed by atoms with Crippen molar-refractivity contribution >= 4 is 0 Å². The van der Waals surface area contributed by atoms with Crippen LogP contribution in [0.15, 0.2) is 12.4 Å². The molecular weight excluding hydrogens is 202 g/mol. The molecule has 4 heteroatoms. The summed E-state index contributed by atoms with van der Waals surface area (Å²) in [6, 6.07) is 0.905. The third-order valence-electron chi connectivity index (χ3n) is 2.56. The molecule has 1 atom stereocenters. The van der Waals surface area contributed by atoms with Gasteiger partial charge in [0.2, 0.25) is 0 Å². The van der Waals surface area contributed by atoms with Crippen molar-refractivity contribution in [3.8, 4) is 0 Å². The molecule has 0 aliphatic heterocycles. The molecule has 1 N–H and O–H groups in total. The molecular formula is C12H23N3O. The first-order valence-corrected chi connectivity index (χ1v) is 5.88. The zero-order chi connectivity index (χ0) is 12.0. The van der Waals surface area contributed by atoms with Gasteiger partial charge < -0.3 is 10.1 Å². The van der Waals surface area contributed by atoms with Gasteiger partial charge >= 0.3 is 0 Å². The van der Waals surface area contributed by atoms with E-state index >= 15 is 0 Å². The third-order valence-corrected chi connectivity index (χ3v) is 2.56. The van der Waals surface area contributed by atoms with Crippen molar-refractivity contribution in [1.29, 1.82) is 0 Å². The van der Waals surface area contributed by atoms with E-state index in [1.54, 1.807) is 7.11 Å². The Kier molecular flexibility index (Phi) is 5.49. The number of nitrogens with one attached hydrogen (secondary N) is 1. The van der Waals surface area contributed by atoms with E-state index in [0.717, 1.165) is 19.6 Å². The number of rotatable bonds is 7. The van der Waals surface area contributed by atoms with E-state index in [1.807, 2.05) is 10.9 Å². The average Bonchev–Trinajstić information content (AvgIpc) is 2.71. The molecule has 1 aromatic heterocycles. The predicted molar refractivity (Wildman–Crippen MR) is 65.4 cm³/mol. The van der Waals surface area contributed by atoms with E-state index in [1.165, 1.54) is 5.56 Å². The number of hydrogen-bond acceptors (Lipinski definition) is 3. The fourth-order valence-electron chi connectivity index (χ4n) is 1.45. The zero-order valence-corrected chi connectivity index (χ0v) is 10.7. The molecule has 0 amide bonds. The van der Waals surface area contributed by atoms with Crippen LogP contribution in [-0.2, 0) is 11.3 Å². The van der Waals surface area contributed by atoms with Crippen molar-refractivity contribution in [2.75, 3.05) is 13.7 Å². The van der Waals surface area contributed by atoms with Gasteiger partial charge in [0.25, 0.3) is 0 Å². The second-order valence-electron chi connectivity index (χ2n) is 4.49. The van der Waals surface area contributed by atoms with Crippen LogP contribution in [0.4, 0.5) is 0 Å². The Bertz CT molecular complexity index is 296.